The fourth-order valence-electron chi connectivity index (χ4n) is 0.830. The van der Waals surface area contributed by atoms with Crippen molar-refractivity contribution < 1.29 is 0 Å². The van der Waals surface area contributed by atoms with E-state index in [1.165, 1.54) is 5.82 Å². The van der Waals surface area contributed by atoms with Gasteiger partial charge in [0.15, 0.2) is 0 Å². The molecule has 0 rings (SSSR count). The van der Waals surface area contributed by atoms with Crippen LogP contribution >= 0.6 is 0 Å². The molecule has 0 aliphatic carbocycles. The van der Waals surface area contributed by atoms with E-state index in [4.69, 9.17) is 0 Å². The highest BCUT2D eigenvalue weighted by atomic mass is 28.1. The molecule has 0 unspecified atom stereocenters. The second-order valence-corrected chi connectivity index (χ2v) is 3.88. The number of nitrogens with one attached hydrogen (secondary N) is 2. The first-order chi connectivity index (χ1) is 5.06. The van der Waals surface area contributed by atoms with Crippen LogP contribution in [0.15, 0.2) is 11.5 Å². The zero-order valence-electron chi connectivity index (χ0n) is 8.23. The molecule has 0 spiro atoms. The van der Waals surface area contributed by atoms with Crippen LogP contribution in [-0.4, -0.2) is 22.3 Å². The normalized spacial score (nSPS) is 10.4. The summed E-state index contributed by atoms with van der Waals surface area (Å²) in [5.41, 5.74) is 2.19. The van der Waals surface area contributed by atoms with Crippen LogP contribution in [-0.2, 0) is 0 Å². The molecule has 66 valence electrons. The molecule has 0 aliphatic heterocycles. The maximum Gasteiger partial charge on any atom is 0.0899 e. The molecule has 0 bridgehead atoms. The van der Waals surface area contributed by atoms with E-state index in [2.05, 4.69) is 44.0 Å². The van der Waals surface area contributed by atoms with Crippen LogP contribution in [0.25, 0.3) is 0 Å². The molecule has 0 aromatic carbocycles. The summed E-state index contributed by atoms with van der Waals surface area (Å²) in [6.45, 7) is 8.58. The minimum atomic E-state index is 0.515. The van der Waals surface area contributed by atoms with Crippen LogP contribution in [0.1, 0.15) is 27.7 Å². The first-order valence-electron chi connectivity index (χ1n) is 4.25. The third kappa shape index (κ3) is 5.98. The molecule has 11 heavy (non-hydrogen) atoms. The minimum absolute atomic E-state index is 0.515. The van der Waals surface area contributed by atoms with E-state index in [0.717, 1.165) is 10.2 Å². The van der Waals surface area contributed by atoms with Crippen molar-refractivity contribution in [2.45, 2.75) is 39.8 Å². The van der Waals surface area contributed by atoms with Gasteiger partial charge in [-0.2, -0.15) is 0 Å². The Morgan fingerprint density at radius 2 is 1.45 bits per heavy atom. The van der Waals surface area contributed by atoms with Crippen molar-refractivity contribution in [1.29, 1.82) is 0 Å². The highest BCUT2D eigenvalue weighted by molar-refractivity contribution is 6.17. The fraction of sp³-hybridized carbons (Fsp3) is 0.750. The Morgan fingerprint density at radius 1 is 1.09 bits per heavy atom. The maximum absolute atomic E-state index is 3.35. The molecular formula is C8H20N2Si. The van der Waals surface area contributed by atoms with Crippen LogP contribution in [0, 0.1) is 0 Å². The van der Waals surface area contributed by atoms with Gasteiger partial charge in [0.05, 0.1) is 5.82 Å². The molecule has 3 heteroatoms. The Morgan fingerprint density at radius 3 is 1.64 bits per heavy atom. The van der Waals surface area contributed by atoms with E-state index in [1.54, 1.807) is 0 Å². The third-order valence-electron chi connectivity index (χ3n) is 1.18. The summed E-state index contributed by atoms with van der Waals surface area (Å²) in [5, 5.41) is 6.69. The second kappa shape index (κ2) is 5.24. The molecule has 0 heterocycles. The van der Waals surface area contributed by atoms with Gasteiger partial charge in [-0.25, -0.2) is 0 Å². The predicted molar refractivity (Wildman–Crippen MR) is 54.6 cm³/mol. The zero-order chi connectivity index (χ0) is 8.85. The first kappa shape index (κ1) is 10.6. The molecule has 0 amide bonds. The third-order valence-corrected chi connectivity index (χ3v) is 1.75. The molecule has 0 aromatic rings. The van der Waals surface area contributed by atoms with E-state index >= 15 is 0 Å². The summed E-state index contributed by atoms with van der Waals surface area (Å²) < 4.78 is 0. The molecule has 0 saturated heterocycles. The van der Waals surface area contributed by atoms with Gasteiger partial charge in [-0.3, -0.25) is 0 Å². The van der Waals surface area contributed by atoms with Crippen LogP contribution in [0.2, 0.25) is 0 Å². The monoisotopic (exact) mass is 172 g/mol. The number of hydrogen-bond donors (Lipinski definition) is 2. The lowest BCUT2D eigenvalue weighted by Gasteiger charge is -2.18. The van der Waals surface area contributed by atoms with Crippen molar-refractivity contribution in [3.8, 4) is 0 Å². The molecular weight excluding hydrogens is 152 g/mol. The van der Waals surface area contributed by atoms with Gasteiger partial charge < -0.3 is 10.6 Å². The average Bonchev–Trinajstić information content (AvgIpc) is 1.84. The SMILES string of the molecule is CC(C)NC(=C[SiH3])NC(C)C. The van der Waals surface area contributed by atoms with Gasteiger partial charge in [0.1, 0.15) is 0 Å². The van der Waals surface area contributed by atoms with E-state index in [0.29, 0.717) is 12.1 Å². The van der Waals surface area contributed by atoms with Crippen molar-refractivity contribution in [1.82, 2.24) is 10.6 Å². The van der Waals surface area contributed by atoms with E-state index in [-0.39, 0.29) is 0 Å². The largest absolute Gasteiger partial charge is 0.370 e. The van der Waals surface area contributed by atoms with Crippen LogP contribution in [0.3, 0.4) is 0 Å². The van der Waals surface area contributed by atoms with Crippen molar-refractivity contribution in [2.75, 3.05) is 0 Å². The van der Waals surface area contributed by atoms with Gasteiger partial charge in [0.2, 0.25) is 0 Å². The number of rotatable bonds is 4. The lowest BCUT2D eigenvalue weighted by atomic mass is 10.3. The Balaban J connectivity index is 3.79. The molecule has 2 N–H and O–H groups in total. The van der Waals surface area contributed by atoms with Gasteiger partial charge in [-0.05, 0) is 27.7 Å². The average molecular weight is 172 g/mol. The lowest BCUT2D eigenvalue weighted by Crippen LogP contribution is -2.34. The second-order valence-electron chi connectivity index (χ2n) is 3.30. The van der Waals surface area contributed by atoms with E-state index < -0.39 is 0 Å². The highest BCUT2D eigenvalue weighted by Gasteiger charge is 1.98. The Bertz CT molecular complexity index is 118. The molecule has 0 aliphatic rings. The maximum atomic E-state index is 3.35. The fourth-order valence-corrected chi connectivity index (χ4v) is 1.16. The van der Waals surface area contributed by atoms with Gasteiger partial charge in [0.25, 0.3) is 0 Å². The van der Waals surface area contributed by atoms with Crippen molar-refractivity contribution in [3.63, 3.8) is 0 Å². The Labute approximate surface area is 72.9 Å². The Hall–Kier alpha value is -0.443. The van der Waals surface area contributed by atoms with Gasteiger partial charge in [-0.15, -0.1) is 0 Å². The molecule has 0 saturated carbocycles. The first-order valence-corrected chi connectivity index (χ1v) is 5.41. The quantitative estimate of drug-likeness (QED) is 0.590. The van der Waals surface area contributed by atoms with Crippen LogP contribution in [0.5, 0.6) is 0 Å². The van der Waals surface area contributed by atoms with Gasteiger partial charge >= 0.3 is 0 Å². The summed E-state index contributed by atoms with van der Waals surface area (Å²) in [6, 6.07) is 1.03. The predicted octanol–water partition coefficient (Wildman–Crippen LogP) is 0.147. The van der Waals surface area contributed by atoms with Crippen molar-refractivity contribution in [2.24, 2.45) is 0 Å². The molecule has 0 aromatic heterocycles. The minimum Gasteiger partial charge on any atom is -0.370 e. The zero-order valence-corrected chi connectivity index (χ0v) is 10.2. The number of hydrogen-bond acceptors (Lipinski definition) is 2. The molecule has 0 radical (unpaired) electrons. The summed E-state index contributed by atoms with van der Waals surface area (Å²) in [6.07, 6.45) is 0. The molecule has 0 fully saturated rings. The summed E-state index contributed by atoms with van der Waals surface area (Å²) in [5.74, 6) is 1.18. The van der Waals surface area contributed by atoms with Crippen LogP contribution in [0.4, 0.5) is 0 Å². The van der Waals surface area contributed by atoms with E-state index in [9.17, 15) is 0 Å². The Kier molecular flexibility index (Phi) is 5.03. The standard InChI is InChI=1S/C8H20N2Si/c1-6(2)9-8(5-11)10-7(3)4/h5-7,9-10H,1-4,11H3. The summed E-state index contributed by atoms with van der Waals surface area (Å²) >= 11 is 0. The smallest absolute Gasteiger partial charge is 0.0899 e. The van der Waals surface area contributed by atoms with E-state index in [1.807, 2.05) is 0 Å². The van der Waals surface area contributed by atoms with Crippen LogP contribution < -0.4 is 10.6 Å². The highest BCUT2D eigenvalue weighted by Crippen LogP contribution is 1.88. The molecule has 0 atom stereocenters. The van der Waals surface area contributed by atoms with Crippen molar-refractivity contribution in [3.05, 3.63) is 11.5 Å². The molecule has 2 nitrogen and oxygen atoms in total. The van der Waals surface area contributed by atoms with Crippen molar-refractivity contribution >= 4 is 10.2 Å². The van der Waals surface area contributed by atoms with Gasteiger partial charge in [0, 0.05) is 22.3 Å². The summed E-state index contributed by atoms with van der Waals surface area (Å²) in [4.78, 5) is 0. The topological polar surface area (TPSA) is 24.1 Å². The lowest BCUT2D eigenvalue weighted by molar-refractivity contribution is 0.568. The van der Waals surface area contributed by atoms with Gasteiger partial charge in [-0.1, -0.05) is 5.70 Å². The summed E-state index contributed by atoms with van der Waals surface area (Å²) in [7, 11) is 1.10.